The summed E-state index contributed by atoms with van der Waals surface area (Å²) in [6.45, 7) is 2.28. The fraction of sp³-hybridized carbons (Fsp3) is 0.500. The van der Waals surface area contributed by atoms with Gasteiger partial charge in [0.15, 0.2) is 10.7 Å². The highest BCUT2D eigenvalue weighted by molar-refractivity contribution is 7.13. The Morgan fingerprint density at radius 1 is 1.56 bits per heavy atom. The number of aryl methyl sites for hydroxylation is 1. The number of nitrogens with one attached hydrogen (secondary N) is 1. The number of rotatable bonds is 2. The number of thiazole rings is 1. The standard InChI is InChI=1S/C8H10F3N3OS/c1-4-3-16-6(13-4)14-5(15)7(2,12)8(9,10)11/h3H,12H2,1-2H3,(H,13,14,15). The maximum absolute atomic E-state index is 12.4. The molecule has 1 aromatic rings. The summed E-state index contributed by atoms with van der Waals surface area (Å²) in [5, 5.41) is 3.74. The summed E-state index contributed by atoms with van der Waals surface area (Å²) in [4.78, 5) is 15.1. The smallest absolute Gasteiger partial charge is 0.310 e. The number of anilines is 1. The maximum Gasteiger partial charge on any atom is 0.415 e. The van der Waals surface area contributed by atoms with Gasteiger partial charge in [-0.05, 0) is 13.8 Å². The zero-order valence-electron chi connectivity index (χ0n) is 8.55. The van der Waals surface area contributed by atoms with Gasteiger partial charge in [0.2, 0.25) is 0 Å². The van der Waals surface area contributed by atoms with E-state index in [0.29, 0.717) is 12.6 Å². The predicted molar refractivity (Wildman–Crippen MR) is 54.1 cm³/mol. The Bertz CT molecular complexity index is 399. The van der Waals surface area contributed by atoms with Crippen molar-refractivity contribution in [3.63, 3.8) is 0 Å². The van der Waals surface area contributed by atoms with Gasteiger partial charge < -0.3 is 11.1 Å². The molecule has 1 aromatic heterocycles. The van der Waals surface area contributed by atoms with Crippen LogP contribution in [-0.4, -0.2) is 22.6 Å². The second-order valence-corrected chi connectivity index (χ2v) is 4.31. The summed E-state index contributed by atoms with van der Waals surface area (Å²) in [5.41, 5.74) is 2.62. The Hall–Kier alpha value is -1.15. The highest BCUT2D eigenvalue weighted by atomic mass is 32.1. The molecule has 90 valence electrons. The summed E-state index contributed by atoms with van der Waals surface area (Å²) in [6, 6.07) is 0. The minimum atomic E-state index is -4.80. The third kappa shape index (κ3) is 2.50. The number of alkyl halides is 3. The summed E-state index contributed by atoms with van der Waals surface area (Å²) in [6.07, 6.45) is -4.80. The van der Waals surface area contributed by atoms with E-state index in [9.17, 15) is 18.0 Å². The third-order valence-corrected chi connectivity index (χ3v) is 2.78. The van der Waals surface area contributed by atoms with E-state index >= 15 is 0 Å². The van der Waals surface area contributed by atoms with Gasteiger partial charge in [0.1, 0.15) is 0 Å². The van der Waals surface area contributed by atoms with Gasteiger partial charge in [0.05, 0.1) is 5.69 Å². The molecule has 1 heterocycles. The number of nitrogens with zero attached hydrogens (tertiary/aromatic N) is 1. The van der Waals surface area contributed by atoms with Crippen LogP contribution in [0.5, 0.6) is 0 Å². The molecule has 0 aliphatic rings. The first kappa shape index (κ1) is 12.9. The summed E-state index contributed by atoms with van der Waals surface area (Å²) < 4.78 is 37.2. The number of carbonyl (C=O) groups excluding carboxylic acids is 1. The van der Waals surface area contributed by atoms with Gasteiger partial charge >= 0.3 is 6.18 Å². The Kier molecular flexibility index (Phi) is 3.25. The lowest BCUT2D eigenvalue weighted by Crippen LogP contribution is -2.59. The minimum absolute atomic E-state index is 0.100. The molecule has 0 saturated heterocycles. The van der Waals surface area contributed by atoms with Crippen molar-refractivity contribution in [1.82, 2.24) is 4.98 Å². The van der Waals surface area contributed by atoms with Gasteiger partial charge in [-0.15, -0.1) is 11.3 Å². The minimum Gasteiger partial charge on any atom is -0.310 e. The molecule has 0 radical (unpaired) electrons. The Morgan fingerprint density at radius 2 is 2.12 bits per heavy atom. The quantitative estimate of drug-likeness (QED) is 0.842. The highest BCUT2D eigenvalue weighted by Gasteiger charge is 2.54. The number of amides is 1. The van der Waals surface area contributed by atoms with E-state index < -0.39 is 17.6 Å². The molecule has 0 spiro atoms. The third-order valence-electron chi connectivity index (χ3n) is 1.90. The first-order chi connectivity index (χ1) is 7.14. The van der Waals surface area contributed by atoms with Crippen LogP contribution < -0.4 is 11.1 Å². The topological polar surface area (TPSA) is 68.0 Å². The molecule has 1 amide bonds. The van der Waals surface area contributed by atoms with Gasteiger partial charge in [-0.25, -0.2) is 4.98 Å². The fourth-order valence-electron chi connectivity index (χ4n) is 0.767. The molecule has 0 saturated carbocycles. The van der Waals surface area contributed by atoms with Crippen LogP contribution in [0, 0.1) is 6.92 Å². The van der Waals surface area contributed by atoms with E-state index in [1.165, 1.54) is 0 Å². The molecule has 0 aliphatic heterocycles. The summed E-state index contributed by atoms with van der Waals surface area (Å²) in [5.74, 6) is -1.32. The molecular formula is C8H10F3N3OS. The zero-order valence-corrected chi connectivity index (χ0v) is 9.37. The normalized spacial score (nSPS) is 15.6. The van der Waals surface area contributed by atoms with Crippen molar-refractivity contribution in [2.45, 2.75) is 25.6 Å². The second-order valence-electron chi connectivity index (χ2n) is 3.45. The van der Waals surface area contributed by atoms with Crippen LogP contribution in [0.25, 0.3) is 0 Å². The van der Waals surface area contributed by atoms with Crippen LogP contribution in [0.4, 0.5) is 18.3 Å². The number of halogens is 3. The fourth-order valence-corrected chi connectivity index (χ4v) is 1.45. The number of hydrogen-bond acceptors (Lipinski definition) is 4. The predicted octanol–water partition coefficient (Wildman–Crippen LogP) is 1.67. The molecule has 0 aliphatic carbocycles. The van der Waals surface area contributed by atoms with E-state index in [1.807, 2.05) is 5.32 Å². The number of carbonyl (C=O) groups is 1. The van der Waals surface area contributed by atoms with E-state index in [-0.39, 0.29) is 5.13 Å². The Morgan fingerprint density at radius 3 is 2.50 bits per heavy atom. The van der Waals surface area contributed by atoms with Gasteiger partial charge in [0, 0.05) is 5.38 Å². The number of hydrogen-bond donors (Lipinski definition) is 2. The SMILES string of the molecule is Cc1csc(NC(=O)C(C)(N)C(F)(F)F)n1. The Balaban J connectivity index is 2.80. The van der Waals surface area contributed by atoms with Crippen LogP contribution in [0.1, 0.15) is 12.6 Å². The molecule has 1 atom stereocenters. The first-order valence-corrected chi connectivity index (χ1v) is 5.12. The molecule has 4 nitrogen and oxygen atoms in total. The lowest BCUT2D eigenvalue weighted by Gasteiger charge is -2.25. The molecule has 16 heavy (non-hydrogen) atoms. The average Bonchev–Trinajstić information content (AvgIpc) is 2.49. The van der Waals surface area contributed by atoms with Gasteiger partial charge in [-0.3, -0.25) is 4.79 Å². The molecule has 0 fully saturated rings. The molecule has 3 N–H and O–H groups in total. The molecular weight excluding hydrogens is 243 g/mol. The number of aromatic nitrogens is 1. The van der Waals surface area contributed by atoms with Crippen molar-refractivity contribution in [3.05, 3.63) is 11.1 Å². The van der Waals surface area contributed by atoms with Crippen LogP contribution in [0.3, 0.4) is 0 Å². The lowest BCUT2D eigenvalue weighted by atomic mass is 10.0. The first-order valence-electron chi connectivity index (χ1n) is 4.24. The van der Waals surface area contributed by atoms with Crippen molar-refractivity contribution in [1.29, 1.82) is 0 Å². The maximum atomic E-state index is 12.4. The molecule has 1 rings (SSSR count). The van der Waals surface area contributed by atoms with E-state index in [0.717, 1.165) is 11.3 Å². The Labute approximate surface area is 93.7 Å². The van der Waals surface area contributed by atoms with Crippen molar-refractivity contribution in [3.8, 4) is 0 Å². The van der Waals surface area contributed by atoms with E-state index in [2.05, 4.69) is 4.98 Å². The number of nitrogens with two attached hydrogens (primary N) is 1. The van der Waals surface area contributed by atoms with Crippen molar-refractivity contribution in [2.75, 3.05) is 5.32 Å². The van der Waals surface area contributed by atoms with Crippen LogP contribution in [-0.2, 0) is 4.79 Å². The van der Waals surface area contributed by atoms with E-state index in [1.54, 1.807) is 12.3 Å². The molecule has 8 heteroatoms. The summed E-state index contributed by atoms with van der Waals surface area (Å²) in [7, 11) is 0. The van der Waals surface area contributed by atoms with Crippen LogP contribution in [0.2, 0.25) is 0 Å². The monoisotopic (exact) mass is 253 g/mol. The highest BCUT2D eigenvalue weighted by Crippen LogP contribution is 2.29. The van der Waals surface area contributed by atoms with Gasteiger partial charge in [0.25, 0.3) is 5.91 Å². The largest absolute Gasteiger partial charge is 0.415 e. The van der Waals surface area contributed by atoms with Crippen LogP contribution in [0.15, 0.2) is 5.38 Å². The van der Waals surface area contributed by atoms with Crippen molar-refractivity contribution < 1.29 is 18.0 Å². The van der Waals surface area contributed by atoms with Gasteiger partial charge in [-0.2, -0.15) is 13.2 Å². The van der Waals surface area contributed by atoms with E-state index in [4.69, 9.17) is 5.73 Å². The van der Waals surface area contributed by atoms with Gasteiger partial charge in [-0.1, -0.05) is 0 Å². The molecule has 1 unspecified atom stereocenters. The lowest BCUT2D eigenvalue weighted by molar-refractivity contribution is -0.184. The average molecular weight is 253 g/mol. The van der Waals surface area contributed by atoms with Crippen molar-refractivity contribution in [2.24, 2.45) is 5.73 Å². The zero-order chi connectivity index (χ0) is 12.6. The molecule has 0 bridgehead atoms. The second kappa shape index (κ2) is 4.02. The van der Waals surface area contributed by atoms with Crippen LogP contribution >= 0.6 is 11.3 Å². The molecule has 0 aromatic carbocycles. The summed E-state index contributed by atoms with van der Waals surface area (Å²) >= 11 is 1.04. The van der Waals surface area contributed by atoms with Crippen molar-refractivity contribution >= 4 is 22.4 Å².